The summed E-state index contributed by atoms with van der Waals surface area (Å²) in [5.74, 6) is -1.79. The average Bonchev–Trinajstić information content (AvgIpc) is 2.85. The predicted octanol–water partition coefficient (Wildman–Crippen LogP) is 0.726. The molecular weight excluding hydrogens is 350 g/mol. The lowest BCUT2D eigenvalue weighted by molar-refractivity contribution is -0.139. The first kappa shape index (κ1) is 19.0. The highest BCUT2D eigenvalue weighted by atomic mass is 16.4. The van der Waals surface area contributed by atoms with Gasteiger partial charge >= 0.3 is 5.97 Å². The summed E-state index contributed by atoms with van der Waals surface area (Å²) in [7, 11) is 0. The summed E-state index contributed by atoms with van der Waals surface area (Å²) in [5, 5.41) is 11.8. The SMILES string of the molecule is CCN(CC(=O)O)C1CC(NC(=O)CCN2C(=O)c3ccccc3C2=O)C1. The molecule has 0 radical (unpaired) electrons. The predicted molar refractivity (Wildman–Crippen MR) is 96.3 cm³/mol. The first-order valence-electron chi connectivity index (χ1n) is 9.11. The first-order valence-corrected chi connectivity index (χ1v) is 9.11. The van der Waals surface area contributed by atoms with Crippen LogP contribution in [0.5, 0.6) is 0 Å². The Morgan fingerprint density at radius 3 is 2.30 bits per heavy atom. The van der Waals surface area contributed by atoms with Crippen LogP contribution in [0.2, 0.25) is 0 Å². The second-order valence-corrected chi connectivity index (χ2v) is 6.90. The molecule has 2 N–H and O–H groups in total. The molecule has 144 valence electrons. The summed E-state index contributed by atoms with van der Waals surface area (Å²) in [6, 6.07) is 6.80. The maximum atomic E-state index is 12.3. The van der Waals surface area contributed by atoms with E-state index in [4.69, 9.17) is 5.11 Å². The highest BCUT2D eigenvalue weighted by Crippen LogP contribution is 2.26. The van der Waals surface area contributed by atoms with Gasteiger partial charge in [-0.05, 0) is 31.5 Å². The van der Waals surface area contributed by atoms with Crippen molar-refractivity contribution in [1.82, 2.24) is 15.1 Å². The van der Waals surface area contributed by atoms with Gasteiger partial charge in [-0.2, -0.15) is 0 Å². The maximum Gasteiger partial charge on any atom is 0.317 e. The van der Waals surface area contributed by atoms with E-state index in [1.165, 1.54) is 0 Å². The Morgan fingerprint density at radius 1 is 1.19 bits per heavy atom. The molecule has 0 saturated heterocycles. The highest BCUT2D eigenvalue weighted by Gasteiger charge is 2.36. The maximum absolute atomic E-state index is 12.3. The van der Waals surface area contributed by atoms with Gasteiger partial charge in [-0.1, -0.05) is 19.1 Å². The molecule has 0 bridgehead atoms. The zero-order valence-corrected chi connectivity index (χ0v) is 15.2. The van der Waals surface area contributed by atoms with Crippen molar-refractivity contribution in [2.45, 2.75) is 38.3 Å². The van der Waals surface area contributed by atoms with Gasteiger partial charge in [-0.15, -0.1) is 0 Å². The summed E-state index contributed by atoms with van der Waals surface area (Å²) >= 11 is 0. The second kappa shape index (κ2) is 7.87. The lowest BCUT2D eigenvalue weighted by Crippen LogP contribution is -2.55. The van der Waals surface area contributed by atoms with Crippen LogP contribution in [0.3, 0.4) is 0 Å². The van der Waals surface area contributed by atoms with Crippen molar-refractivity contribution in [3.63, 3.8) is 0 Å². The molecule has 27 heavy (non-hydrogen) atoms. The molecule has 1 aromatic carbocycles. The normalized spacial score (nSPS) is 21.2. The van der Waals surface area contributed by atoms with Crippen molar-refractivity contribution >= 4 is 23.7 Å². The third kappa shape index (κ3) is 4.00. The van der Waals surface area contributed by atoms with Crippen molar-refractivity contribution in [1.29, 1.82) is 0 Å². The minimum absolute atomic E-state index is 0.00156. The van der Waals surface area contributed by atoms with Crippen LogP contribution < -0.4 is 5.32 Å². The Balaban J connectivity index is 1.43. The number of rotatable bonds is 8. The van der Waals surface area contributed by atoms with Gasteiger partial charge in [0.05, 0.1) is 17.7 Å². The molecule has 8 heteroatoms. The molecule has 0 spiro atoms. The summed E-state index contributed by atoms with van der Waals surface area (Å²) in [5.41, 5.74) is 0.755. The number of carboxylic acids is 1. The number of likely N-dealkylation sites (N-methyl/N-ethyl adjacent to an activating group) is 1. The van der Waals surface area contributed by atoms with E-state index < -0.39 is 5.97 Å². The van der Waals surface area contributed by atoms with Crippen LogP contribution in [0.25, 0.3) is 0 Å². The topological polar surface area (TPSA) is 107 Å². The van der Waals surface area contributed by atoms with Crippen LogP contribution in [0, 0.1) is 0 Å². The number of amides is 3. The number of nitrogens with one attached hydrogen (secondary N) is 1. The monoisotopic (exact) mass is 373 g/mol. The average molecular weight is 373 g/mol. The number of hydrogen-bond donors (Lipinski definition) is 2. The second-order valence-electron chi connectivity index (χ2n) is 6.90. The number of fused-ring (bicyclic) bond motifs is 1. The smallest absolute Gasteiger partial charge is 0.317 e. The minimum Gasteiger partial charge on any atom is -0.480 e. The standard InChI is InChI=1S/C19H23N3O5/c1-2-21(11-17(24)25)13-9-12(10-13)20-16(23)7-8-22-18(26)14-5-3-4-6-15(14)19(22)27/h3-6,12-13H,2,7-11H2,1H3,(H,20,23)(H,24,25). The number of benzene rings is 1. The lowest BCUT2D eigenvalue weighted by atomic mass is 9.85. The van der Waals surface area contributed by atoms with Gasteiger partial charge < -0.3 is 10.4 Å². The number of carboxylic acid groups (broad SMARTS) is 1. The van der Waals surface area contributed by atoms with E-state index >= 15 is 0 Å². The van der Waals surface area contributed by atoms with Crippen molar-refractivity contribution < 1.29 is 24.3 Å². The van der Waals surface area contributed by atoms with E-state index in [0.717, 1.165) is 4.90 Å². The quantitative estimate of drug-likeness (QED) is 0.651. The van der Waals surface area contributed by atoms with Crippen molar-refractivity contribution in [3.05, 3.63) is 35.4 Å². The Labute approximate surface area is 157 Å². The number of carbonyl (C=O) groups is 4. The van der Waals surface area contributed by atoms with Gasteiger partial charge in [0.25, 0.3) is 11.8 Å². The minimum atomic E-state index is -0.856. The summed E-state index contributed by atoms with van der Waals surface area (Å²) in [4.78, 5) is 50.5. The molecule has 1 aromatic rings. The van der Waals surface area contributed by atoms with Crippen molar-refractivity contribution in [2.75, 3.05) is 19.6 Å². The van der Waals surface area contributed by atoms with Crippen LogP contribution in [0.1, 0.15) is 46.9 Å². The molecule has 2 aliphatic rings. The van der Waals surface area contributed by atoms with E-state index in [2.05, 4.69) is 5.32 Å². The number of aliphatic carboxylic acids is 1. The van der Waals surface area contributed by atoms with E-state index in [0.29, 0.717) is 30.5 Å². The summed E-state index contributed by atoms with van der Waals surface area (Å²) in [6.45, 7) is 2.62. The Morgan fingerprint density at radius 2 is 1.78 bits per heavy atom. The van der Waals surface area contributed by atoms with E-state index in [9.17, 15) is 19.2 Å². The number of nitrogens with zero attached hydrogens (tertiary/aromatic N) is 2. The van der Waals surface area contributed by atoms with E-state index in [1.54, 1.807) is 24.3 Å². The molecule has 3 rings (SSSR count). The molecule has 0 atom stereocenters. The van der Waals surface area contributed by atoms with Gasteiger partial charge in [0.15, 0.2) is 0 Å². The van der Waals surface area contributed by atoms with Crippen molar-refractivity contribution in [2.24, 2.45) is 0 Å². The third-order valence-corrected chi connectivity index (χ3v) is 5.18. The Hall–Kier alpha value is -2.74. The van der Waals surface area contributed by atoms with Crippen LogP contribution in [0.4, 0.5) is 0 Å². The molecule has 3 amide bonds. The van der Waals surface area contributed by atoms with Crippen LogP contribution in [-0.2, 0) is 9.59 Å². The van der Waals surface area contributed by atoms with Gasteiger partial charge in [0.1, 0.15) is 0 Å². The summed E-state index contributed by atoms with van der Waals surface area (Å²) < 4.78 is 0. The number of hydrogen-bond acceptors (Lipinski definition) is 5. The largest absolute Gasteiger partial charge is 0.480 e. The molecule has 1 aliphatic heterocycles. The van der Waals surface area contributed by atoms with Crippen LogP contribution in [-0.4, -0.2) is 70.3 Å². The van der Waals surface area contributed by atoms with Crippen molar-refractivity contribution in [3.8, 4) is 0 Å². The zero-order chi connectivity index (χ0) is 19.6. The zero-order valence-electron chi connectivity index (χ0n) is 15.2. The highest BCUT2D eigenvalue weighted by molar-refractivity contribution is 6.21. The third-order valence-electron chi connectivity index (χ3n) is 5.18. The van der Waals surface area contributed by atoms with Gasteiger partial charge in [-0.3, -0.25) is 29.0 Å². The fraction of sp³-hybridized carbons (Fsp3) is 0.474. The molecular formula is C19H23N3O5. The first-order chi connectivity index (χ1) is 12.9. The molecule has 1 heterocycles. The fourth-order valence-electron chi connectivity index (χ4n) is 3.63. The van der Waals surface area contributed by atoms with Crippen LogP contribution >= 0.6 is 0 Å². The number of carbonyl (C=O) groups excluding carboxylic acids is 3. The Kier molecular flexibility index (Phi) is 5.55. The van der Waals surface area contributed by atoms with Gasteiger partial charge in [0, 0.05) is 25.0 Å². The molecule has 1 saturated carbocycles. The van der Waals surface area contributed by atoms with Gasteiger partial charge in [0.2, 0.25) is 5.91 Å². The molecule has 0 aromatic heterocycles. The van der Waals surface area contributed by atoms with E-state index in [1.807, 2.05) is 11.8 Å². The lowest BCUT2D eigenvalue weighted by Gasteiger charge is -2.42. The molecule has 1 fully saturated rings. The fourth-order valence-corrected chi connectivity index (χ4v) is 3.63. The molecule has 8 nitrogen and oxygen atoms in total. The summed E-state index contributed by atoms with van der Waals surface area (Å²) in [6.07, 6.45) is 1.47. The molecule has 1 aliphatic carbocycles. The van der Waals surface area contributed by atoms with Crippen LogP contribution in [0.15, 0.2) is 24.3 Å². The number of imide groups is 1. The Bertz CT molecular complexity index is 737. The van der Waals surface area contributed by atoms with Gasteiger partial charge in [-0.25, -0.2) is 0 Å². The molecule has 0 unspecified atom stereocenters. The van der Waals surface area contributed by atoms with E-state index in [-0.39, 0.29) is 49.3 Å².